The summed E-state index contributed by atoms with van der Waals surface area (Å²) >= 11 is 0. The van der Waals surface area contributed by atoms with E-state index >= 15 is 0 Å². The van der Waals surface area contributed by atoms with E-state index in [0.717, 1.165) is 6.54 Å². The highest BCUT2D eigenvalue weighted by Gasteiger charge is 2.37. The Bertz CT molecular complexity index is 223. The third-order valence-corrected chi connectivity index (χ3v) is 4.22. The lowest BCUT2D eigenvalue weighted by molar-refractivity contribution is -0.0962. The van der Waals surface area contributed by atoms with Crippen LogP contribution in [-0.2, 0) is 4.74 Å². The first kappa shape index (κ1) is 12.4. The number of hydrogen-bond donors (Lipinski definition) is 1. The number of hydrogen-bond acceptors (Lipinski definition) is 2. The van der Waals surface area contributed by atoms with Crippen LogP contribution in [0.1, 0.15) is 59.3 Å². The fraction of sp³-hybridized carbons (Fsp3) is 1.00. The van der Waals surface area contributed by atoms with Gasteiger partial charge in [-0.25, -0.2) is 0 Å². The smallest absolute Gasteiger partial charge is 0.0736 e. The van der Waals surface area contributed by atoms with Crippen LogP contribution in [0.15, 0.2) is 0 Å². The highest BCUT2D eigenvalue weighted by atomic mass is 16.5. The first-order valence-electron chi connectivity index (χ1n) is 6.99. The molecule has 0 aromatic heterocycles. The minimum atomic E-state index is 0.453. The molecule has 2 saturated carbocycles. The molecule has 2 rings (SSSR count). The molecule has 2 aliphatic carbocycles. The molecule has 0 bridgehead atoms. The summed E-state index contributed by atoms with van der Waals surface area (Å²) in [5.41, 5.74) is 0.473. The average Bonchev–Trinajstić information content (AvgIpc) is 2.15. The Morgan fingerprint density at radius 1 is 1.25 bits per heavy atom. The van der Waals surface area contributed by atoms with Crippen molar-refractivity contribution in [1.29, 1.82) is 0 Å². The molecule has 0 aromatic rings. The molecule has 94 valence electrons. The number of likely N-dealkylation sites (N-methyl/N-ethyl adjacent to an activating group) is 1. The standard InChI is InChI=1S/C14H27NO/c1-4-15-12-8-9-14(2,3)10-13(12)16-11-6-5-7-11/h11-13,15H,4-10H2,1-3H3. The molecule has 0 amide bonds. The first-order valence-corrected chi connectivity index (χ1v) is 6.99. The summed E-state index contributed by atoms with van der Waals surface area (Å²) in [7, 11) is 0. The zero-order chi connectivity index (χ0) is 11.6. The van der Waals surface area contributed by atoms with Gasteiger partial charge in [-0.2, -0.15) is 0 Å². The molecular weight excluding hydrogens is 198 g/mol. The van der Waals surface area contributed by atoms with Gasteiger partial charge in [0, 0.05) is 6.04 Å². The summed E-state index contributed by atoms with van der Waals surface area (Å²) in [6.07, 6.45) is 8.79. The zero-order valence-electron chi connectivity index (χ0n) is 11.1. The Balaban J connectivity index is 1.90. The van der Waals surface area contributed by atoms with Crippen molar-refractivity contribution in [3.8, 4) is 0 Å². The molecule has 2 fully saturated rings. The van der Waals surface area contributed by atoms with Crippen LogP contribution in [0.2, 0.25) is 0 Å². The van der Waals surface area contributed by atoms with Gasteiger partial charge in [-0.05, 0) is 50.5 Å². The molecule has 0 aliphatic heterocycles. The molecule has 1 N–H and O–H groups in total. The maximum absolute atomic E-state index is 6.27. The molecule has 2 nitrogen and oxygen atoms in total. The summed E-state index contributed by atoms with van der Waals surface area (Å²) in [5, 5.41) is 3.60. The van der Waals surface area contributed by atoms with E-state index in [1.165, 1.54) is 38.5 Å². The monoisotopic (exact) mass is 225 g/mol. The zero-order valence-corrected chi connectivity index (χ0v) is 11.1. The molecule has 2 heteroatoms. The van der Waals surface area contributed by atoms with Gasteiger partial charge in [0.05, 0.1) is 12.2 Å². The Hall–Kier alpha value is -0.0800. The van der Waals surface area contributed by atoms with Crippen molar-refractivity contribution in [1.82, 2.24) is 5.32 Å². The van der Waals surface area contributed by atoms with E-state index in [4.69, 9.17) is 4.74 Å². The van der Waals surface area contributed by atoms with E-state index in [0.29, 0.717) is 23.7 Å². The van der Waals surface area contributed by atoms with E-state index in [1.807, 2.05) is 0 Å². The largest absolute Gasteiger partial charge is 0.373 e. The summed E-state index contributed by atoms with van der Waals surface area (Å²) in [6.45, 7) is 8.02. The SMILES string of the molecule is CCNC1CCC(C)(C)CC1OC1CCC1. The van der Waals surface area contributed by atoms with Crippen LogP contribution in [0.4, 0.5) is 0 Å². The third kappa shape index (κ3) is 2.98. The van der Waals surface area contributed by atoms with Crippen molar-refractivity contribution in [2.75, 3.05) is 6.54 Å². The molecule has 0 aromatic carbocycles. The van der Waals surface area contributed by atoms with Crippen molar-refractivity contribution in [3.63, 3.8) is 0 Å². The summed E-state index contributed by atoms with van der Waals surface area (Å²) in [6, 6.07) is 0.596. The van der Waals surface area contributed by atoms with Crippen LogP contribution < -0.4 is 5.32 Å². The minimum absolute atomic E-state index is 0.453. The van der Waals surface area contributed by atoms with E-state index in [9.17, 15) is 0 Å². The van der Waals surface area contributed by atoms with Gasteiger partial charge in [-0.3, -0.25) is 0 Å². The second-order valence-corrected chi connectivity index (χ2v) is 6.30. The molecule has 0 heterocycles. The van der Waals surface area contributed by atoms with E-state index < -0.39 is 0 Å². The maximum Gasteiger partial charge on any atom is 0.0736 e. The second kappa shape index (κ2) is 5.05. The average molecular weight is 225 g/mol. The van der Waals surface area contributed by atoms with Crippen molar-refractivity contribution in [2.45, 2.75) is 77.5 Å². The molecular formula is C14H27NO. The fourth-order valence-corrected chi connectivity index (χ4v) is 2.91. The van der Waals surface area contributed by atoms with E-state index in [2.05, 4.69) is 26.1 Å². The van der Waals surface area contributed by atoms with Gasteiger partial charge in [0.1, 0.15) is 0 Å². The fourth-order valence-electron chi connectivity index (χ4n) is 2.91. The molecule has 0 radical (unpaired) electrons. The molecule has 16 heavy (non-hydrogen) atoms. The number of rotatable bonds is 4. The van der Waals surface area contributed by atoms with Crippen LogP contribution in [-0.4, -0.2) is 24.8 Å². The maximum atomic E-state index is 6.27. The predicted molar refractivity (Wildman–Crippen MR) is 67.6 cm³/mol. The Labute approximate surface area is 100 Å². The van der Waals surface area contributed by atoms with Crippen LogP contribution in [0.5, 0.6) is 0 Å². The van der Waals surface area contributed by atoms with Gasteiger partial charge < -0.3 is 10.1 Å². The van der Waals surface area contributed by atoms with Crippen molar-refractivity contribution in [2.24, 2.45) is 5.41 Å². The lowest BCUT2D eigenvalue weighted by Gasteiger charge is -2.43. The van der Waals surface area contributed by atoms with Crippen molar-refractivity contribution >= 4 is 0 Å². The first-order chi connectivity index (χ1) is 7.61. The quantitative estimate of drug-likeness (QED) is 0.794. The van der Waals surface area contributed by atoms with Gasteiger partial charge in [-0.1, -0.05) is 20.8 Å². The number of ether oxygens (including phenoxy) is 1. The van der Waals surface area contributed by atoms with Gasteiger partial charge in [0.25, 0.3) is 0 Å². The Morgan fingerprint density at radius 2 is 2.00 bits per heavy atom. The minimum Gasteiger partial charge on any atom is -0.373 e. The van der Waals surface area contributed by atoms with Gasteiger partial charge >= 0.3 is 0 Å². The van der Waals surface area contributed by atoms with Crippen LogP contribution in [0, 0.1) is 5.41 Å². The normalized spacial score (nSPS) is 34.7. The lowest BCUT2D eigenvalue weighted by Crippen LogP contribution is -2.49. The molecule has 2 aliphatic rings. The topological polar surface area (TPSA) is 21.3 Å². The third-order valence-electron chi connectivity index (χ3n) is 4.22. The highest BCUT2D eigenvalue weighted by Crippen LogP contribution is 2.38. The van der Waals surface area contributed by atoms with Gasteiger partial charge in [0.2, 0.25) is 0 Å². The van der Waals surface area contributed by atoms with Gasteiger partial charge in [-0.15, -0.1) is 0 Å². The van der Waals surface area contributed by atoms with Crippen molar-refractivity contribution < 1.29 is 4.74 Å². The Morgan fingerprint density at radius 3 is 2.56 bits per heavy atom. The second-order valence-electron chi connectivity index (χ2n) is 6.30. The van der Waals surface area contributed by atoms with E-state index in [-0.39, 0.29) is 0 Å². The highest BCUT2D eigenvalue weighted by molar-refractivity contribution is 4.90. The lowest BCUT2D eigenvalue weighted by atomic mass is 9.73. The van der Waals surface area contributed by atoms with Crippen molar-refractivity contribution in [3.05, 3.63) is 0 Å². The van der Waals surface area contributed by atoms with Crippen LogP contribution in [0.3, 0.4) is 0 Å². The van der Waals surface area contributed by atoms with Gasteiger partial charge in [0.15, 0.2) is 0 Å². The summed E-state index contributed by atoms with van der Waals surface area (Å²) in [5.74, 6) is 0. The summed E-state index contributed by atoms with van der Waals surface area (Å²) in [4.78, 5) is 0. The molecule has 0 saturated heterocycles. The Kier molecular flexibility index (Phi) is 3.91. The van der Waals surface area contributed by atoms with Crippen LogP contribution in [0.25, 0.3) is 0 Å². The number of nitrogens with one attached hydrogen (secondary N) is 1. The summed E-state index contributed by atoms with van der Waals surface area (Å²) < 4.78 is 6.27. The molecule has 2 unspecified atom stereocenters. The van der Waals surface area contributed by atoms with E-state index in [1.54, 1.807) is 0 Å². The predicted octanol–water partition coefficient (Wildman–Crippen LogP) is 3.11. The molecule has 0 spiro atoms. The van der Waals surface area contributed by atoms with Crippen LogP contribution >= 0.6 is 0 Å². The molecule has 2 atom stereocenters.